The quantitative estimate of drug-likeness (QED) is 0.0528. The number of benzene rings is 2. The van der Waals surface area contributed by atoms with Gasteiger partial charge < -0.3 is 70.6 Å². The van der Waals surface area contributed by atoms with Gasteiger partial charge in [0, 0.05) is 40.3 Å². The number of hydrogen-bond acceptors (Lipinski definition) is 19. The first-order valence-corrected chi connectivity index (χ1v) is 31.7. The number of carbonyl (C=O) groups is 12. The largest absolute Gasteiger partial charge is 0.459 e. The van der Waals surface area contributed by atoms with Gasteiger partial charge in [-0.2, -0.15) is 0 Å². The van der Waals surface area contributed by atoms with E-state index in [1.54, 1.807) is 62.3 Å². The molecule has 0 radical (unpaired) electrons. The number of amides is 9. The summed E-state index contributed by atoms with van der Waals surface area (Å²) in [5.74, 6) is -10.6. The minimum Gasteiger partial charge on any atom is -0.459 e. The minimum absolute atomic E-state index is 0.0317. The summed E-state index contributed by atoms with van der Waals surface area (Å²) in [4.78, 5) is 191. The van der Waals surface area contributed by atoms with Crippen molar-refractivity contribution in [2.75, 3.05) is 67.2 Å². The van der Waals surface area contributed by atoms with Gasteiger partial charge in [-0.3, -0.25) is 52.8 Å². The van der Waals surface area contributed by atoms with E-state index in [0.29, 0.717) is 31.1 Å². The van der Waals surface area contributed by atoms with E-state index in [4.69, 9.17) is 29.4 Å². The lowest BCUT2D eigenvalue weighted by molar-refractivity contribution is -0.165. The molecule has 4 aliphatic heterocycles. The molecule has 9 amide bonds. The predicted octanol–water partition coefficient (Wildman–Crippen LogP) is 2.27. The SMILES string of the molecule is CC.Cc1c2oc3c(C)ccc(C(=O)NC(C(=O)NC(C=O)C(C)C)C(C)OC(=O)C(C(C)C)N(C)C(=O)CN(C)C(=O)C4CCCN4C)c3nc-2c(C(=O)NC2C(C)OC(=O)C(C(C)C)N(C)C(=O)CN(C)C(=O)C3CCCN3C(=O)C2C(C)C)c(N)c1=O.NC=O. The van der Waals surface area contributed by atoms with Gasteiger partial charge in [0.05, 0.1) is 53.9 Å². The lowest BCUT2D eigenvalue weighted by atomic mass is 9.83. The summed E-state index contributed by atoms with van der Waals surface area (Å²) in [5.41, 5.74) is 8.38. The van der Waals surface area contributed by atoms with Crippen LogP contribution in [0.1, 0.15) is 141 Å². The molecule has 3 saturated heterocycles. The molecule has 28 heteroatoms. The van der Waals surface area contributed by atoms with Gasteiger partial charge in [0.25, 0.3) is 11.8 Å². The number of nitrogens with zero attached hydrogens (tertiary/aromatic N) is 7. The maximum atomic E-state index is 15.3. The number of anilines is 1. The molecule has 10 unspecified atom stereocenters. The zero-order valence-electron chi connectivity index (χ0n) is 57.4. The maximum absolute atomic E-state index is 15.3. The number of aryl methyl sites for hydroxylation is 1. The number of nitrogens with one attached hydrogen (secondary N) is 3. The second-order valence-electron chi connectivity index (χ2n) is 25.4. The molecule has 7 N–H and O–H groups in total. The van der Waals surface area contributed by atoms with Gasteiger partial charge >= 0.3 is 11.9 Å². The molecular formula is C65H98N12O16. The molecular weight excluding hydrogens is 1200 g/mol. The molecule has 4 heterocycles. The molecule has 0 saturated carbocycles. The number of likely N-dealkylation sites (tertiary alicyclic amines) is 1. The highest BCUT2D eigenvalue weighted by Gasteiger charge is 2.47. The molecule has 1 aromatic rings. The van der Waals surface area contributed by atoms with Crippen LogP contribution in [-0.4, -0.2) is 222 Å². The lowest BCUT2D eigenvalue weighted by Gasteiger charge is -2.39. The molecule has 28 nitrogen and oxygen atoms in total. The van der Waals surface area contributed by atoms with Crippen molar-refractivity contribution in [3.63, 3.8) is 0 Å². The van der Waals surface area contributed by atoms with Crippen molar-refractivity contribution >= 4 is 88.7 Å². The van der Waals surface area contributed by atoms with E-state index in [1.165, 1.54) is 85.6 Å². The van der Waals surface area contributed by atoms with E-state index in [9.17, 15) is 47.9 Å². The predicted molar refractivity (Wildman–Crippen MR) is 346 cm³/mol. The third kappa shape index (κ3) is 17.4. The van der Waals surface area contributed by atoms with Crippen LogP contribution < -0.4 is 32.8 Å². The number of primary amides is 1. The average Bonchev–Trinajstić information content (AvgIpc) is 1.27. The van der Waals surface area contributed by atoms with Crippen molar-refractivity contribution in [2.24, 2.45) is 35.3 Å². The number of esters is 2. The third-order valence-electron chi connectivity index (χ3n) is 17.4. The van der Waals surface area contributed by atoms with Crippen molar-refractivity contribution in [3.05, 3.63) is 44.6 Å². The van der Waals surface area contributed by atoms with Gasteiger partial charge in [-0.15, -0.1) is 0 Å². The Morgan fingerprint density at radius 1 is 0.839 bits per heavy atom. The van der Waals surface area contributed by atoms with Crippen LogP contribution in [-0.2, 0) is 57.4 Å². The molecule has 0 bridgehead atoms. The molecule has 10 atom stereocenters. The Morgan fingerprint density at radius 2 is 1.45 bits per heavy atom. The van der Waals surface area contributed by atoms with E-state index in [1.807, 2.05) is 25.8 Å². The minimum atomic E-state index is -1.73. The van der Waals surface area contributed by atoms with Crippen LogP contribution in [0.25, 0.3) is 22.6 Å². The van der Waals surface area contributed by atoms with Crippen molar-refractivity contribution in [3.8, 4) is 11.5 Å². The van der Waals surface area contributed by atoms with E-state index < -0.39 is 148 Å². The summed E-state index contributed by atoms with van der Waals surface area (Å²) < 4.78 is 18.5. The van der Waals surface area contributed by atoms with Gasteiger partial charge in [0.1, 0.15) is 53.9 Å². The molecule has 5 aliphatic rings. The fourth-order valence-corrected chi connectivity index (χ4v) is 12.1. The van der Waals surface area contributed by atoms with E-state index in [0.717, 1.165) is 13.0 Å². The number of fused-ring (bicyclic) bond motifs is 3. The Balaban J connectivity index is 0.00000358. The number of likely N-dealkylation sites (N-methyl/N-ethyl adjacent to an activating group) is 5. The summed E-state index contributed by atoms with van der Waals surface area (Å²) in [6.07, 6.45) is 0.180. The smallest absolute Gasteiger partial charge is 0.329 e. The van der Waals surface area contributed by atoms with Gasteiger partial charge in [-0.25, -0.2) is 14.6 Å². The zero-order valence-corrected chi connectivity index (χ0v) is 57.4. The highest BCUT2D eigenvalue weighted by atomic mass is 16.6. The van der Waals surface area contributed by atoms with Gasteiger partial charge in [0.15, 0.2) is 11.3 Å². The van der Waals surface area contributed by atoms with Crippen LogP contribution in [0.3, 0.4) is 0 Å². The lowest BCUT2D eigenvalue weighted by Crippen LogP contribution is -2.59. The van der Waals surface area contributed by atoms with Gasteiger partial charge in [0.2, 0.25) is 47.3 Å². The van der Waals surface area contributed by atoms with Crippen LogP contribution in [0, 0.1) is 43.4 Å². The number of aldehydes is 1. The van der Waals surface area contributed by atoms with E-state index >= 15 is 9.59 Å². The maximum Gasteiger partial charge on any atom is 0.329 e. The first-order valence-electron chi connectivity index (χ1n) is 31.7. The number of ether oxygens (including phenoxy) is 2. The number of cyclic esters (lactones) is 1. The monoisotopic (exact) mass is 1300 g/mol. The van der Waals surface area contributed by atoms with Crippen molar-refractivity contribution in [1.82, 2.24) is 50.3 Å². The number of nitrogen functional groups attached to an aromatic ring is 1. The Kier molecular flexibility index (Phi) is 27.6. The molecule has 0 spiro atoms. The molecule has 93 heavy (non-hydrogen) atoms. The molecule has 514 valence electrons. The Labute approximate surface area is 544 Å². The van der Waals surface area contributed by atoms with E-state index in [-0.39, 0.29) is 71.7 Å². The number of aromatic nitrogens is 1. The summed E-state index contributed by atoms with van der Waals surface area (Å²) in [6.45, 7) is 23.6. The van der Waals surface area contributed by atoms with Crippen LogP contribution in [0.4, 0.5) is 5.69 Å². The second-order valence-corrected chi connectivity index (χ2v) is 25.4. The van der Waals surface area contributed by atoms with Crippen molar-refractivity contribution < 1.29 is 71.4 Å². The molecule has 6 rings (SSSR count). The topological polar surface area (TPSA) is 374 Å². The number of carbonyl (C=O) groups excluding carboxylic acids is 12. The second kappa shape index (κ2) is 33.3. The van der Waals surface area contributed by atoms with Gasteiger partial charge in [-0.05, 0) is 102 Å². The van der Waals surface area contributed by atoms with Crippen molar-refractivity contribution in [1.29, 1.82) is 0 Å². The average molecular weight is 1300 g/mol. The van der Waals surface area contributed by atoms with Crippen LogP contribution in [0.2, 0.25) is 0 Å². The highest BCUT2D eigenvalue weighted by Crippen LogP contribution is 2.36. The standard InChI is InChI=1S/C62H89N11O15.C2H6.CH3NO/c1-29(2)38(28-74)64-57(80)47(36(12)87-62(85)51(32(7)8)71(16)41(75)26-69(14)58(81)39-20-18-24-68(39)13)67-55(78)37-23-22-33(9)53-48(37)65-49-44(45(63)52(77)34(10)54(49)88-53)56(79)66-46-35(11)86-61(84)50(31(5)6)72(17)42(76)27-70(15)59(82)40-21-19-25-73(40)60(83)43(46)30(3)4;1-2;2-1-3/h22-23,28-32,35-36,38-40,43,46-47,50-51H,18-21,24-27,63H2,1-17H3,(H,64,80)(H,66,79)(H,67,78);1-2H3;1H,(H2,2,3). The summed E-state index contributed by atoms with van der Waals surface area (Å²) in [5, 5.41) is 8.13. The molecule has 0 aromatic heterocycles. The molecule has 3 fully saturated rings. The van der Waals surface area contributed by atoms with Crippen LogP contribution >= 0.6 is 0 Å². The number of hydrogen-bond donors (Lipinski definition) is 5. The Morgan fingerprint density at radius 3 is 2.00 bits per heavy atom. The number of nitrogens with two attached hydrogens (primary N) is 2. The fraction of sp³-hybridized carbons (Fsp3) is 0.631. The Bertz CT molecular complexity index is 3290. The van der Waals surface area contributed by atoms with Crippen molar-refractivity contribution in [2.45, 2.75) is 177 Å². The normalized spacial score (nSPS) is 21.1. The van der Waals surface area contributed by atoms with E-state index in [2.05, 4.69) is 21.7 Å². The highest BCUT2D eigenvalue weighted by molar-refractivity contribution is 6.10. The summed E-state index contributed by atoms with van der Waals surface area (Å²) >= 11 is 0. The summed E-state index contributed by atoms with van der Waals surface area (Å²) in [6, 6.07) is -5.05. The molecule has 1 aliphatic carbocycles. The fourth-order valence-electron chi connectivity index (χ4n) is 12.1. The first kappa shape index (κ1) is 76.9. The Hall–Kier alpha value is -8.56. The number of rotatable bonds is 18. The van der Waals surface area contributed by atoms with Gasteiger partial charge in [-0.1, -0.05) is 75.3 Å². The first-order chi connectivity index (χ1) is 43.6. The van der Waals surface area contributed by atoms with Crippen LogP contribution in [0.5, 0.6) is 0 Å². The molecule has 1 aromatic carbocycles. The van der Waals surface area contributed by atoms with Crippen LogP contribution in [0.15, 0.2) is 21.3 Å². The summed E-state index contributed by atoms with van der Waals surface area (Å²) in [7, 11) is 7.62. The third-order valence-corrected chi connectivity index (χ3v) is 17.4. The zero-order chi connectivity index (χ0) is 70.5.